The van der Waals surface area contributed by atoms with Crippen LogP contribution in [-0.2, 0) is 0 Å². The maximum Gasteiger partial charge on any atom is 0.343 e. The summed E-state index contributed by atoms with van der Waals surface area (Å²) in [6.45, 7) is 0. The highest BCUT2D eigenvalue weighted by atomic mass is 24.3. The van der Waals surface area contributed by atoms with Crippen LogP contribution in [0.5, 0.6) is 11.5 Å². The summed E-state index contributed by atoms with van der Waals surface area (Å²) in [6.07, 6.45) is 0. The number of phenols is 2. The van der Waals surface area contributed by atoms with Gasteiger partial charge in [-0.15, -0.1) is 0 Å². The third kappa shape index (κ3) is 2.02. The zero-order chi connectivity index (χ0) is 8.43. The molecule has 0 aliphatic rings. The molecule has 0 heterocycles. The van der Waals surface area contributed by atoms with Crippen LogP contribution >= 0.6 is 0 Å². The zero-order valence-corrected chi connectivity index (χ0v) is 5.48. The van der Waals surface area contributed by atoms with Crippen LogP contribution in [0.4, 0.5) is 0 Å². The molecule has 0 aromatic heterocycles. The highest BCUT2D eigenvalue weighted by molar-refractivity contribution is 5.93. The van der Waals surface area contributed by atoms with E-state index in [1.54, 1.807) is 0 Å². The van der Waals surface area contributed by atoms with Crippen LogP contribution in [0.15, 0.2) is 18.2 Å². The predicted molar refractivity (Wildman–Crippen MR) is 45.3 cm³/mol. The second kappa shape index (κ2) is 4.17. The molecule has 0 radical (unpaired) electrons. The summed E-state index contributed by atoms with van der Waals surface area (Å²) in [4.78, 5) is 10.3. The smallest absolute Gasteiger partial charge is 0.343 e. The van der Waals surface area contributed by atoms with Gasteiger partial charge in [0, 0.05) is 0 Å². The number of carbonyl (C=O) groups is 1. The monoisotopic (exact) mass is 180 g/mol. The molecule has 0 amide bonds. The summed E-state index contributed by atoms with van der Waals surface area (Å²) in [6, 6.07) is 3.75. The van der Waals surface area contributed by atoms with Crippen LogP contribution in [-0.4, -0.2) is 44.3 Å². The molecule has 1 rings (SSSR count). The fourth-order valence-electron chi connectivity index (χ4n) is 0.747. The molecular weight excluding hydrogens is 172 g/mol. The van der Waals surface area contributed by atoms with E-state index >= 15 is 0 Å². The van der Waals surface area contributed by atoms with Gasteiger partial charge in [-0.2, -0.15) is 0 Å². The molecule has 62 valence electrons. The van der Waals surface area contributed by atoms with Crippen LogP contribution in [0.2, 0.25) is 0 Å². The Morgan fingerprint density at radius 2 is 1.58 bits per heavy atom. The van der Waals surface area contributed by atoms with Gasteiger partial charge in [0.2, 0.25) is 0 Å². The molecule has 0 saturated heterocycles. The van der Waals surface area contributed by atoms with Gasteiger partial charge >= 0.3 is 29.0 Å². The molecule has 0 unspecified atom stereocenters. The van der Waals surface area contributed by atoms with Crippen LogP contribution in [0.3, 0.4) is 0 Å². The van der Waals surface area contributed by atoms with Gasteiger partial charge < -0.3 is 15.3 Å². The van der Waals surface area contributed by atoms with Gasteiger partial charge in [0.05, 0.1) is 0 Å². The van der Waals surface area contributed by atoms with Crippen molar-refractivity contribution in [1.82, 2.24) is 0 Å². The number of carboxylic acids is 1. The number of carboxylic acid groups (broad SMARTS) is 1. The van der Waals surface area contributed by atoms with E-state index in [2.05, 4.69) is 0 Å². The fourth-order valence-corrected chi connectivity index (χ4v) is 0.747. The van der Waals surface area contributed by atoms with Crippen molar-refractivity contribution in [2.24, 2.45) is 0 Å². The highest BCUT2D eigenvalue weighted by Crippen LogP contribution is 2.25. The standard InChI is InChI=1S/C7H6O4.Mg.2H/c8-4-2-1-3-5(9)6(4)7(10)11;;;/h1-3,8-9H,(H,10,11);;;. The van der Waals surface area contributed by atoms with Crippen LogP contribution < -0.4 is 0 Å². The lowest BCUT2D eigenvalue weighted by atomic mass is 10.2. The van der Waals surface area contributed by atoms with Crippen molar-refractivity contribution in [1.29, 1.82) is 0 Å². The van der Waals surface area contributed by atoms with Crippen molar-refractivity contribution < 1.29 is 20.1 Å². The molecule has 1 aromatic rings. The van der Waals surface area contributed by atoms with Gasteiger partial charge in [0.25, 0.3) is 0 Å². The molecule has 12 heavy (non-hydrogen) atoms. The third-order valence-corrected chi connectivity index (χ3v) is 1.23. The fraction of sp³-hybridized carbons (Fsp3) is 0. The minimum atomic E-state index is -1.35. The lowest BCUT2D eigenvalue weighted by Crippen LogP contribution is -1.96. The maximum atomic E-state index is 10.3. The van der Waals surface area contributed by atoms with Gasteiger partial charge in [-0.3, -0.25) is 0 Å². The Hall–Kier alpha value is -0.944. The number of rotatable bonds is 1. The van der Waals surface area contributed by atoms with Gasteiger partial charge in [-0.05, 0) is 12.1 Å². The summed E-state index contributed by atoms with van der Waals surface area (Å²) in [5.41, 5.74) is -0.465. The largest absolute Gasteiger partial charge is 0.507 e. The quantitative estimate of drug-likeness (QED) is 0.527. The number of hydrogen-bond donors (Lipinski definition) is 3. The minimum Gasteiger partial charge on any atom is -0.507 e. The lowest BCUT2D eigenvalue weighted by molar-refractivity contribution is 0.0690. The first-order valence-electron chi connectivity index (χ1n) is 2.87. The van der Waals surface area contributed by atoms with E-state index in [9.17, 15) is 4.79 Å². The summed E-state index contributed by atoms with van der Waals surface area (Å²) in [5.74, 6) is -2.21. The minimum absolute atomic E-state index is 0. The number of hydrogen-bond acceptors (Lipinski definition) is 3. The van der Waals surface area contributed by atoms with E-state index in [4.69, 9.17) is 15.3 Å². The Morgan fingerprint density at radius 3 is 1.83 bits per heavy atom. The van der Waals surface area contributed by atoms with Crippen molar-refractivity contribution in [3.8, 4) is 11.5 Å². The molecule has 4 nitrogen and oxygen atoms in total. The van der Waals surface area contributed by atoms with Crippen molar-refractivity contribution >= 4 is 29.0 Å². The Balaban J connectivity index is 0.00000121. The Morgan fingerprint density at radius 1 is 1.17 bits per heavy atom. The van der Waals surface area contributed by atoms with Gasteiger partial charge in [0.1, 0.15) is 17.1 Å². The van der Waals surface area contributed by atoms with E-state index in [1.807, 2.05) is 0 Å². The molecule has 0 atom stereocenters. The van der Waals surface area contributed by atoms with E-state index < -0.39 is 23.0 Å². The lowest BCUT2D eigenvalue weighted by Gasteiger charge is -1.99. The highest BCUT2D eigenvalue weighted by Gasteiger charge is 2.13. The molecule has 3 N–H and O–H groups in total. The molecule has 0 bridgehead atoms. The summed E-state index contributed by atoms with van der Waals surface area (Å²) < 4.78 is 0. The van der Waals surface area contributed by atoms with Gasteiger partial charge in [0.15, 0.2) is 0 Å². The SMILES string of the molecule is O=C(O)c1c(O)cccc1O.[MgH2]. The number of benzene rings is 1. The predicted octanol–water partition coefficient (Wildman–Crippen LogP) is -0.120. The van der Waals surface area contributed by atoms with E-state index in [0.717, 1.165) is 0 Å². The Labute approximate surface area is 84.6 Å². The second-order valence-electron chi connectivity index (χ2n) is 1.98. The van der Waals surface area contributed by atoms with Gasteiger partial charge in [-0.25, -0.2) is 4.79 Å². The Kier molecular flexibility index (Phi) is 3.85. The van der Waals surface area contributed by atoms with Crippen molar-refractivity contribution in [2.45, 2.75) is 0 Å². The van der Waals surface area contributed by atoms with Crippen LogP contribution in [0, 0.1) is 0 Å². The van der Waals surface area contributed by atoms with Crippen molar-refractivity contribution in [3.63, 3.8) is 0 Å². The normalized spacial score (nSPS) is 8.67. The molecule has 5 heteroatoms. The molecular formula is C7H8MgO4. The summed E-state index contributed by atoms with van der Waals surface area (Å²) in [5, 5.41) is 26.3. The molecule has 0 saturated carbocycles. The first kappa shape index (κ1) is 11.1. The molecule has 0 spiro atoms. The molecule has 0 aliphatic heterocycles. The van der Waals surface area contributed by atoms with Crippen molar-refractivity contribution in [2.75, 3.05) is 0 Å². The van der Waals surface area contributed by atoms with E-state index in [1.165, 1.54) is 18.2 Å². The summed E-state index contributed by atoms with van der Waals surface area (Å²) in [7, 11) is 0. The van der Waals surface area contributed by atoms with Gasteiger partial charge in [-0.1, -0.05) is 6.07 Å². The average molecular weight is 180 g/mol. The molecule has 1 aromatic carbocycles. The van der Waals surface area contributed by atoms with Crippen molar-refractivity contribution in [3.05, 3.63) is 23.8 Å². The molecule has 0 aliphatic carbocycles. The van der Waals surface area contributed by atoms with E-state index in [-0.39, 0.29) is 23.1 Å². The topological polar surface area (TPSA) is 77.8 Å². The zero-order valence-electron chi connectivity index (χ0n) is 5.48. The molecule has 0 fully saturated rings. The Bertz CT molecular complexity index is 277. The average Bonchev–Trinajstić information content (AvgIpc) is 1.85. The third-order valence-electron chi connectivity index (χ3n) is 1.23. The van der Waals surface area contributed by atoms with E-state index in [0.29, 0.717) is 0 Å². The first-order valence-corrected chi connectivity index (χ1v) is 2.87. The number of aromatic carboxylic acids is 1. The maximum absolute atomic E-state index is 10.3. The van der Waals surface area contributed by atoms with Crippen LogP contribution in [0.1, 0.15) is 10.4 Å². The van der Waals surface area contributed by atoms with Crippen LogP contribution in [0.25, 0.3) is 0 Å². The second-order valence-corrected chi connectivity index (χ2v) is 1.98. The first-order chi connectivity index (χ1) is 5.13. The number of aromatic hydroxyl groups is 2. The summed E-state index contributed by atoms with van der Waals surface area (Å²) >= 11 is 0.